The lowest BCUT2D eigenvalue weighted by atomic mass is 9.76. The molecule has 4 nitrogen and oxygen atoms in total. The Morgan fingerprint density at radius 1 is 0.325 bits per heavy atom. The van der Waals surface area contributed by atoms with Gasteiger partial charge in [-0.2, -0.15) is 0 Å². The van der Waals surface area contributed by atoms with Gasteiger partial charge in [-0.05, 0) is 143 Å². The van der Waals surface area contributed by atoms with Gasteiger partial charge in [0.2, 0.25) is 0 Å². The highest BCUT2D eigenvalue weighted by Crippen LogP contribution is 2.46. The van der Waals surface area contributed by atoms with Crippen LogP contribution in [0.3, 0.4) is 0 Å². The van der Waals surface area contributed by atoms with Crippen LogP contribution in [0.2, 0.25) is 0 Å². The van der Waals surface area contributed by atoms with Crippen molar-refractivity contribution in [2.45, 2.75) is 117 Å². The SMILES string of the molecule is CC(C)(C)c1cc(N2CN(c3cccc([Si](c4ccccc4)(c4ccccc4)c4ccc5c6cc(C(C)(C)c7ccccc7)ccc6n(-c6cc(C(C)(C)c7cccc(C(C)(C)C)c7)ccn6)c5c4)c3)c3ccccc32)cc(C(C)(C)C)c1. The Labute approximate surface area is 495 Å². The van der Waals surface area contributed by atoms with Gasteiger partial charge >= 0.3 is 0 Å². The van der Waals surface area contributed by atoms with Crippen LogP contribution >= 0.6 is 0 Å². The molecule has 0 N–H and O–H groups in total. The van der Waals surface area contributed by atoms with E-state index >= 15 is 0 Å². The monoisotopic (exact) mass is 1100 g/mol. The first-order valence-corrected chi connectivity index (χ1v) is 31.8. The maximum atomic E-state index is 5.33. The highest BCUT2D eigenvalue weighted by Gasteiger charge is 2.43. The standard InChI is InChI=1S/C78H80N4Si/c1-74(2,3)55-29-25-30-56(45-55)78(12,13)58-43-44-79-73(50-58)82-69-42-39-57(77(10,11)54-27-17-14-18-28-54)49-68(69)67-41-40-66(52-72(67)82)83(63-32-19-15-20-33-63,64-34-21-16-22-35-64)65-36-26-31-61(51-65)80-53-81(71-38-24-23-37-70(71)80)62-47-59(75(4,5)6)46-60(48-62)76(7,8)9/h14-52H,53H2,1-13H3. The first-order chi connectivity index (χ1) is 39.5. The number of pyridine rings is 1. The number of para-hydroxylation sites is 2. The van der Waals surface area contributed by atoms with Gasteiger partial charge in [-0.1, -0.05) is 254 Å². The van der Waals surface area contributed by atoms with Crippen molar-refractivity contribution in [3.63, 3.8) is 0 Å². The molecule has 0 atom stereocenters. The summed E-state index contributed by atoms with van der Waals surface area (Å²) in [4.78, 5) is 10.4. The minimum Gasteiger partial charge on any atom is -0.321 e. The second kappa shape index (κ2) is 20.6. The largest absolute Gasteiger partial charge is 0.321 e. The summed E-state index contributed by atoms with van der Waals surface area (Å²) < 4.78 is 2.46. The number of anilines is 4. The lowest BCUT2D eigenvalue weighted by molar-refractivity contribution is 0.568. The minimum absolute atomic E-state index is 0.0116. The van der Waals surface area contributed by atoms with Crippen LogP contribution in [-0.2, 0) is 27.1 Å². The van der Waals surface area contributed by atoms with E-state index in [-0.39, 0.29) is 27.1 Å². The van der Waals surface area contributed by atoms with Gasteiger partial charge in [-0.25, -0.2) is 4.98 Å². The summed E-state index contributed by atoms with van der Waals surface area (Å²) >= 11 is 0. The number of nitrogens with zero attached hydrogens (tertiary/aromatic N) is 4. The van der Waals surface area contributed by atoms with Gasteiger partial charge in [0.15, 0.2) is 8.07 Å². The Balaban J connectivity index is 1.08. The Hall–Kier alpha value is -8.25. The maximum Gasteiger partial charge on any atom is 0.179 e. The molecule has 0 aliphatic carbocycles. The lowest BCUT2D eigenvalue weighted by Gasteiger charge is -2.35. The molecule has 0 spiro atoms. The zero-order valence-corrected chi connectivity index (χ0v) is 52.0. The molecule has 5 heteroatoms. The van der Waals surface area contributed by atoms with Crippen molar-refractivity contribution in [2.75, 3.05) is 16.5 Å². The third-order valence-electron chi connectivity index (χ3n) is 18.3. The minimum atomic E-state index is -3.17. The summed E-state index contributed by atoms with van der Waals surface area (Å²) in [5.41, 5.74) is 15.7. The second-order valence-electron chi connectivity index (χ2n) is 27.4. The quantitative estimate of drug-likeness (QED) is 0.0953. The molecule has 83 heavy (non-hydrogen) atoms. The van der Waals surface area contributed by atoms with Crippen molar-refractivity contribution in [3.8, 4) is 5.82 Å². The first kappa shape index (κ1) is 55.3. The van der Waals surface area contributed by atoms with E-state index in [4.69, 9.17) is 4.98 Å². The van der Waals surface area contributed by atoms with Gasteiger partial charge in [0, 0.05) is 39.2 Å². The summed E-state index contributed by atoms with van der Waals surface area (Å²) in [7, 11) is -3.17. The average molecular weight is 1100 g/mol. The smallest absolute Gasteiger partial charge is 0.179 e. The number of aromatic nitrogens is 2. The first-order valence-electron chi connectivity index (χ1n) is 29.8. The van der Waals surface area contributed by atoms with Crippen LogP contribution in [0.15, 0.2) is 237 Å². The zero-order chi connectivity index (χ0) is 58.3. The van der Waals surface area contributed by atoms with Gasteiger partial charge in [-0.15, -0.1) is 0 Å². The molecular formula is C78H80N4Si. The van der Waals surface area contributed by atoms with Crippen molar-refractivity contribution in [1.29, 1.82) is 0 Å². The van der Waals surface area contributed by atoms with Crippen molar-refractivity contribution in [3.05, 3.63) is 276 Å². The molecule has 12 rings (SSSR count). The molecule has 1 aliphatic heterocycles. The number of hydrogen-bond donors (Lipinski definition) is 0. The third-order valence-corrected chi connectivity index (χ3v) is 23.0. The summed E-state index contributed by atoms with van der Waals surface area (Å²) in [5.74, 6) is 0.906. The van der Waals surface area contributed by atoms with Crippen LogP contribution in [0.5, 0.6) is 0 Å². The van der Waals surface area contributed by atoms with Gasteiger partial charge in [-0.3, -0.25) is 4.57 Å². The number of hydrogen-bond acceptors (Lipinski definition) is 3. The molecule has 0 unspecified atom stereocenters. The average Bonchev–Trinajstić information content (AvgIpc) is 4.20. The normalized spacial score (nSPS) is 13.5. The molecule has 2 aromatic heterocycles. The molecule has 0 bridgehead atoms. The topological polar surface area (TPSA) is 24.3 Å². The van der Waals surface area contributed by atoms with E-state index in [1.807, 2.05) is 6.20 Å². The summed E-state index contributed by atoms with van der Waals surface area (Å²) in [6.07, 6.45) is 2.02. The molecule has 0 amide bonds. The summed E-state index contributed by atoms with van der Waals surface area (Å²) in [6, 6.07) is 87.9. The van der Waals surface area contributed by atoms with Crippen molar-refractivity contribution >= 4 is 73.4 Å². The van der Waals surface area contributed by atoms with Crippen LogP contribution in [0.25, 0.3) is 27.6 Å². The van der Waals surface area contributed by atoms with E-state index in [9.17, 15) is 0 Å². The van der Waals surface area contributed by atoms with Gasteiger partial charge in [0.05, 0.1) is 22.4 Å². The second-order valence-corrected chi connectivity index (χ2v) is 31.2. The number of rotatable bonds is 11. The van der Waals surface area contributed by atoms with Crippen LogP contribution in [0, 0.1) is 0 Å². The molecule has 0 fully saturated rings. The molecule has 0 saturated heterocycles. The molecule has 0 radical (unpaired) electrons. The van der Waals surface area contributed by atoms with Gasteiger partial charge < -0.3 is 9.80 Å². The Kier molecular flexibility index (Phi) is 13.7. The van der Waals surface area contributed by atoms with E-state index in [1.165, 1.54) is 93.2 Å². The van der Waals surface area contributed by atoms with Crippen molar-refractivity contribution in [1.82, 2.24) is 9.55 Å². The van der Waals surface area contributed by atoms with E-state index in [1.54, 1.807) is 0 Å². The van der Waals surface area contributed by atoms with Crippen LogP contribution < -0.4 is 30.5 Å². The fourth-order valence-corrected chi connectivity index (χ4v) is 17.7. The van der Waals surface area contributed by atoms with Crippen LogP contribution in [-0.4, -0.2) is 24.3 Å². The van der Waals surface area contributed by atoms with E-state index in [0.717, 1.165) is 16.9 Å². The molecular weight excluding hydrogens is 1020 g/mol. The molecule has 9 aromatic carbocycles. The lowest BCUT2D eigenvalue weighted by Crippen LogP contribution is -2.74. The zero-order valence-electron chi connectivity index (χ0n) is 51.0. The predicted molar refractivity (Wildman–Crippen MR) is 357 cm³/mol. The van der Waals surface area contributed by atoms with E-state index in [0.29, 0.717) is 6.67 Å². The highest BCUT2D eigenvalue weighted by atomic mass is 28.3. The fraction of sp³-hybridized carbons (Fsp3) is 0.244. The maximum absolute atomic E-state index is 5.33. The van der Waals surface area contributed by atoms with Gasteiger partial charge in [0.25, 0.3) is 0 Å². The highest BCUT2D eigenvalue weighted by molar-refractivity contribution is 7.20. The number of benzene rings is 9. The van der Waals surface area contributed by atoms with Crippen LogP contribution in [0.4, 0.5) is 22.7 Å². The third kappa shape index (κ3) is 9.81. The van der Waals surface area contributed by atoms with Gasteiger partial charge in [0.1, 0.15) is 12.5 Å². The van der Waals surface area contributed by atoms with E-state index < -0.39 is 8.07 Å². The molecule has 3 heterocycles. The molecule has 416 valence electrons. The molecule has 11 aromatic rings. The predicted octanol–water partition coefficient (Wildman–Crippen LogP) is 17.3. The van der Waals surface area contributed by atoms with Crippen molar-refractivity contribution in [2.24, 2.45) is 0 Å². The molecule has 1 aliphatic rings. The fourth-order valence-electron chi connectivity index (χ4n) is 13.0. The molecule has 0 saturated carbocycles. The Morgan fingerprint density at radius 3 is 1.42 bits per heavy atom. The Bertz CT molecular complexity index is 4120. The number of fused-ring (bicyclic) bond motifs is 4. The van der Waals surface area contributed by atoms with Crippen LogP contribution in [0.1, 0.15) is 129 Å². The summed E-state index contributed by atoms with van der Waals surface area (Å²) in [6.45, 7) is 31.0. The van der Waals surface area contributed by atoms with Crippen molar-refractivity contribution < 1.29 is 0 Å². The summed E-state index contributed by atoms with van der Waals surface area (Å²) in [5, 5.41) is 7.70. The van der Waals surface area contributed by atoms with E-state index in [2.05, 4.69) is 335 Å². The Morgan fingerprint density at radius 2 is 0.807 bits per heavy atom.